The molecule has 28 heavy (non-hydrogen) atoms. The first kappa shape index (κ1) is 17.0. The van der Waals surface area contributed by atoms with Gasteiger partial charge in [0.15, 0.2) is 11.5 Å². The third-order valence-electron chi connectivity index (χ3n) is 5.34. The van der Waals surface area contributed by atoms with E-state index in [-0.39, 0.29) is 0 Å². The molecule has 6 heteroatoms. The van der Waals surface area contributed by atoms with Gasteiger partial charge in [-0.2, -0.15) is 5.10 Å². The molecule has 0 radical (unpaired) electrons. The van der Waals surface area contributed by atoms with Crippen LogP contribution in [-0.2, 0) is 6.54 Å². The van der Waals surface area contributed by atoms with Crippen molar-refractivity contribution in [3.8, 4) is 11.1 Å². The Hall–Kier alpha value is -3.12. The third-order valence-corrected chi connectivity index (χ3v) is 5.34. The van der Waals surface area contributed by atoms with Crippen molar-refractivity contribution in [2.45, 2.75) is 25.3 Å². The van der Waals surface area contributed by atoms with Gasteiger partial charge in [0.05, 0.1) is 0 Å². The standard InChI is InChI=1S/C22H22N6/c1-4-17(12-23-9-1)14-27-11-3-6-20(15-27)22-25-21-8-7-19(16-28(21)26-22)18-5-2-10-24-13-18/h1-2,4-5,7-10,12-13,16,20H,3,6,11,14-15H2/t20-/m0/s1. The molecule has 0 aromatic carbocycles. The van der Waals surface area contributed by atoms with E-state index < -0.39 is 0 Å². The molecule has 0 N–H and O–H groups in total. The van der Waals surface area contributed by atoms with E-state index in [1.807, 2.05) is 47.5 Å². The van der Waals surface area contributed by atoms with Gasteiger partial charge in [-0.1, -0.05) is 12.1 Å². The monoisotopic (exact) mass is 370 g/mol. The van der Waals surface area contributed by atoms with Crippen molar-refractivity contribution in [3.05, 3.63) is 78.8 Å². The minimum atomic E-state index is 0.368. The second-order valence-electron chi connectivity index (χ2n) is 7.37. The first-order valence-corrected chi connectivity index (χ1v) is 9.73. The van der Waals surface area contributed by atoms with E-state index in [0.717, 1.165) is 48.7 Å². The summed E-state index contributed by atoms with van der Waals surface area (Å²) in [4.78, 5) is 15.7. The first-order chi connectivity index (χ1) is 13.8. The van der Waals surface area contributed by atoms with Crippen LogP contribution in [0, 0.1) is 0 Å². The molecule has 6 nitrogen and oxygen atoms in total. The average molecular weight is 370 g/mol. The molecule has 5 rings (SSSR count). The first-order valence-electron chi connectivity index (χ1n) is 9.73. The van der Waals surface area contributed by atoms with Crippen molar-refractivity contribution in [2.75, 3.05) is 13.1 Å². The van der Waals surface area contributed by atoms with Crippen LogP contribution in [0.15, 0.2) is 67.4 Å². The highest BCUT2D eigenvalue weighted by Gasteiger charge is 2.24. The fourth-order valence-corrected chi connectivity index (χ4v) is 3.94. The highest BCUT2D eigenvalue weighted by molar-refractivity contribution is 5.63. The number of piperidine rings is 1. The lowest BCUT2D eigenvalue weighted by molar-refractivity contribution is 0.196. The van der Waals surface area contributed by atoms with E-state index in [2.05, 4.69) is 33.1 Å². The smallest absolute Gasteiger partial charge is 0.156 e. The lowest BCUT2D eigenvalue weighted by Crippen LogP contribution is -2.34. The number of likely N-dealkylation sites (tertiary alicyclic amines) is 1. The van der Waals surface area contributed by atoms with Gasteiger partial charge in [-0.25, -0.2) is 9.50 Å². The Morgan fingerprint density at radius 1 is 0.964 bits per heavy atom. The summed E-state index contributed by atoms with van der Waals surface area (Å²) in [5.41, 5.74) is 4.33. The Kier molecular flexibility index (Phi) is 4.54. The lowest BCUT2D eigenvalue weighted by atomic mass is 9.97. The summed E-state index contributed by atoms with van der Waals surface area (Å²) in [5.74, 6) is 1.31. The zero-order chi connectivity index (χ0) is 18.8. The van der Waals surface area contributed by atoms with E-state index in [9.17, 15) is 0 Å². The van der Waals surface area contributed by atoms with Crippen molar-refractivity contribution in [2.24, 2.45) is 0 Å². The van der Waals surface area contributed by atoms with Gasteiger partial charge in [-0.3, -0.25) is 14.9 Å². The molecule has 4 aromatic rings. The van der Waals surface area contributed by atoms with E-state index in [4.69, 9.17) is 10.1 Å². The molecule has 1 atom stereocenters. The van der Waals surface area contributed by atoms with Crippen molar-refractivity contribution in [3.63, 3.8) is 0 Å². The molecule has 0 bridgehead atoms. The Balaban J connectivity index is 1.36. The highest BCUT2D eigenvalue weighted by atomic mass is 15.3. The second-order valence-corrected chi connectivity index (χ2v) is 7.37. The van der Waals surface area contributed by atoms with Crippen LogP contribution in [-0.4, -0.2) is 42.6 Å². The van der Waals surface area contributed by atoms with Gasteiger partial charge in [-0.05, 0) is 49.2 Å². The number of aromatic nitrogens is 5. The van der Waals surface area contributed by atoms with Gasteiger partial charge >= 0.3 is 0 Å². The zero-order valence-electron chi connectivity index (χ0n) is 15.6. The summed E-state index contributed by atoms with van der Waals surface area (Å²) >= 11 is 0. The van der Waals surface area contributed by atoms with Crippen LogP contribution >= 0.6 is 0 Å². The molecule has 0 unspecified atom stereocenters. The van der Waals surface area contributed by atoms with Crippen LogP contribution in [0.4, 0.5) is 0 Å². The zero-order valence-corrected chi connectivity index (χ0v) is 15.6. The molecule has 140 valence electrons. The molecule has 0 amide bonds. The maximum atomic E-state index is 4.81. The molecular formula is C22H22N6. The van der Waals surface area contributed by atoms with Gasteiger partial charge < -0.3 is 0 Å². The van der Waals surface area contributed by atoms with Gasteiger partial charge in [0, 0.05) is 61.1 Å². The fourth-order valence-electron chi connectivity index (χ4n) is 3.94. The van der Waals surface area contributed by atoms with E-state index in [1.54, 1.807) is 6.20 Å². The third kappa shape index (κ3) is 3.51. The largest absolute Gasteiger partial charge is 0.298 e. The highest BCUT2D eigenvalue weighted by Crippen LogP contribution is 2.27. The molecule has 4 aromatic heterocycles. The van der Waals surface area contributed by atoms with Crippen LogP contribution in [0.5, 0.6) is 0 Å². The molecular weight excluding hydrogens is 348 g/mol. The fraction of sp³-hybridized carbons (Fsp3) is 0.273. The van der Waals surface area contributed by atoms with Crippen molar-refractivity contribution >= 4 is 5.65 Å². The van der Waals surface area contributed by atoms with Gasteiger partial charge in [0.2, 0.25) is 0 Å². The molecule has 1 aliphatic heterocycles. The molecule has 1 fully saturated rings. The minimum Gasteiger partial charge on any atom is -0.298 e. The maximum absolute atomic E-state index is 4.81. The van der Waals surface area contributed by atoms with Crippen LogP contribution in [0.25, 0.3) is 16.8 Å². The van der Waals surface area contributed by atoms with E-state index in [0.29, 0.717) is 5.92 Å². The summed E-state index contributed by atoms with van der Waals surface area (Å²) in [5, 5.41) is 4.81. The quantitative estimate of drug-likeness (QED) is 0.550. The summed E-state index contributed by atoms with van der Waals surface area (Å²) in [6.07, 6.45) is 11.8. The van der Waals surface area contributed by atoms with Crippen LogP contribution in [0.3, 0.4) is 0 Å². The summed E-state index contributed by atoms with van der Waals surface area (Å²) in [6, 6.07) is 12.3. The van der Waals surface area contributed by atoms with E-state index >= 15 is 0 Å². The Morgan fingerprint density at radius 3 is 2.68 bits per heavy atom. The predicted molar refractivity (Wildman–Crippen MR) is 108 cm³/mol. The summed E-state index contributed by atoms with van der Waals surface area (Å²) in [7, 11) is 0. The van der Waals surface area contributed by atoms with Crippen molar-refractivity contribution in [1.29, 1.82) is 0 Å². The van der Waals surface area contributed by atoms with Crippen molar-refractivity contribution in [1.82, 2.24) is 29.5 Å². The maximum Gasteiger partial charge on any atom is 0.156 e. The number of nitrogens with zero attached hydrogens (tertiary/aromatic N) is 6. The number of fused-ring (bicyclic) bond motifs is 1. The van der Waals surface area contributed by atoms with E-state index in [1.165, 1.54) is 12.0 Å². The summed E-state index contributed by atoms with van der Waals surface area (Å²) in [6.45, 7) is 3.04. The SMILES string of the molecule is c1cncc(CN2CCC[C@H](c3nc4ccc(-c5cccnc5)cn4n3)C2)c1. The average Bonchev–Trinajstić information content (AvgIpc) is 3.19. The number of hydrogen-bond donors (Lipinski definition) is 0. The molecule has 0 aliphatic carbocycles. The number of hydrogen-bond acceptors (Lipinski definition) is 5. The molecule has 1 aliphatic rings. The molecule has 5 heterocycles. The minimum absolute atomic E-state index is 0.368. The Morgan fingerprint density at radius 2 is 1.86 bits per heavy atom. The summed E-state index contributed by atoms with van der Waals surface area (Å²) < 4.78 is 1.90. The van der Waals surface area contributed by atoms with Crippen LogP contribution in [0.1, 0.15) is 30.1 Å². The second kappa shape index (κ2) is 7.48. The Labute approximate surface area is 163 Å². The van der Waals surface area contributed by atoms with Crippen molar-refractivity contribution < 1.29 is 0 Å². The topological polar surface area (TPSA) is 59.2 Å². The molecule has 0 spiro atoms. The lowest BCUT2D eigenvalue weighted by Gasteiger charge is -2.31. The van der Waals surface area contributed by atoms with Gasteiger partial charge in [0.1, 0.15) is 0 Å². The number of pyridine rings is 3. The van der Waals surface area contributed by atoms with Crippen LogP contribution < -0.4 is 0 Å². The normalized spacial score (nSPS) is 17.8. The molecule has 0 saturated carbocycles. The Bertz CT molecular complexity index is 1060. The van der Waals surface area contributed by atoms with Crippen LogP contribution in [0.2, 0.25) is 0 Å². The van der Waals surface area contributed by atoms with Gasteiger partial charge in [-0.15, -0.1) is 0 Å². The molecule has 1 saturated heterocycles. The predicted octanol–water partition coefficient (Wildman–Crippen LogP) is 3.57. The number of rotatable bonds is 4. The van der Waals surface area contributed by atoms with Gasteiger partial charge in [0.25, 0.3) is 0 Å².